The average Bonchev–Trinajstić information content (AvgIpc) is 2.85. The van der Waals surface area contributed by atoms with Crippen molar-refractivity contribution < 1.29 is 9.53 Å². The minimum atomic E-state index is -0.831. The van der Waals surface area contributed by atoms with E-state index in [-0.39, 0.29) is 0 Å². The van der Waals surface area contributed by atoms with Gasteiger partial charge in [-0.3, -0.25) is 5.73 Å². The van der Waals surface area contributed by atoms with Crippen LogP contribution >= 0.6 is 0 Å². The molecule has 0 amide bonds. The Morgan fingerprint density at radius 1 is 1.55 bits per heavy atom. The van der Waals surface area contributed by atoms with Gasteiger partial charge in [-0.2, -0.15) is 5.10 Å². The summed E-state index contributed by atoms with van der Waals surface area (Å²) in [5.41, 5.74) is 8.44. The van der Waals surface area contributed by atoms with Crippen LogP contribution in [0.2, 0.25) is 0 Å². The average molecular weight is 300 g/mol. The van der Waals surface area contributed by atoms with Crippen molar-refractivity contribution in [3.8, 4) is 0 Å². The molecule has 0 spiro atoms. The zero-order valence-electron chi connectivity index (χ0n) is 13.0. The summed E-state index contributed by atoms with van der Waals surface area (Å²) in [5, 5.41) is 5.09. The summed E-state index contributed by atoms with van der Waals surface area (Å²) in [6, 6.07) is 1.72. The van der Waals surface area contributed by atoms with Gasteiger partial charge in [-0.1, -0.05) is 18.2 Å². The van der Waals surface area contributed by atoms with Crippen molar-refractivity contribution in [2.75, 3.05) is 0 Å². The maximum absolute atomic E-state index is 12.1. The predicted octanol–water partition coefficient (Wildman–Crippen LogP) is 2.33. The molecular formula is C16H20N4O2. The standard InChI is InChI=1S/C16H20N4O2/c1-5-14(17)22-16(21)13-8-12-9-18-20(7-6-10(2)3)15(12)19-11(13)4/h5-6,8-9,14H,1,7,17H2,2-4H3. The van der Waals surface area contributed by atoms with Crippen LogP contribution in [0.15, 0.2) is 36.6 Å². The highest BCUT2D eigenvalue weighted by Crippen LogP contribution is 2.17. The van der Waals surface area contributed by atoms with Gasteiger partial charge in [-0.15, -0.1) is 0 Å². The SMILES string of the molecule is C=CC(N)OC(=O)c1cc2cnn(CC=C(C)C)c2nc1C. The Hall–Kier alpha value is -2.47. The van der Waals surface area contributed by atoms with Crippen molar-refractivity contribution in [3.05, 3.63) is 47.8 Å². The summed E-state index contributed by atoms with van der Waals surface area (Å²) in [6.45, 7) is 9.94. The van der Waals surface area contributed by atoms with Gasteiger partial charge in [0.1, 0.15) is 0 Å². The first-order valence-electron chi connectivity index (χ1n) is 6.98. The molecule has 1 atom stereocenters. The Labute approximate surface area is 129 Å². The van der Waals surface area contributed by atoms with Crippen LogP contribution in [-0.4, -0.2) is 27.0 Å². The van der Waals surface area contributed by atoms with Gasteiger partial charge < -0.3 is 4.74 Å². The molecule has 6 heteroatoms. The van der Waals surface area contributed by atoms with Crippen molar-refractivity contribution in [2.24, 2.45) is 5.73 Å². The Balaban J connectivity index is 2.36. The summed E-state index contributed by atoms with van der Waals surface area (Å²) in [6.07, 6.45) is 4.28. The van der Waals surface area contributed by atoms with Gasteiger partial charge in [0, 0.05) is 5.39 Å². The Morgan fingerprint density at radius 2 is 2.27 bits per heavy atom. The number of rotatable bonds is 5. The molecule has 1 unspecified atom stereocenters. The molecule has 2 aromatic rings. The first-order chi connectivity index (χ1) is 10.4. The highest BCUT2D eigenvalue weighted by molar-refractivity contribution is 5.94. The molecule has 2 heterocycles. The van der Waals surface area contributed by atoms with Gasteiger partial charge in [0.05, 0.1) is 24.0 Å². The van der Waals surface area contributed by atoms with Crippen molar-refractivity contribution in [1.82, 2.24) is 14.8 Å². The van der Waals surface area contributed by atoms with E-state index in [2.05, 4.69) is 22.7 Å². The molecule has 2 aromatic heterocycles. The number of nitrogens with zero attached hydrogens (tertiary/aromatic N) is 3. The Morgan fingerprint density at radius 3 is 2.91 bits per heavy atom. The van der Waals surface area contributed by atoms with Gasteiger partial charge in [-0.05, 0) is 32.9 Å². The first kappa shape index (κ1) is 15.9. The third-order valence-corrected chi connectivity index (χ3v) is 3.17. The molecular weight excluding hydrogens is 280 g/mol. The smallest absolute Gasteiger partial charge is 0.341 e. The molecule has 0 fully saturated rings. The zero-order chi connectivity index (χ0) is 16.3. The number of aromatic nitrogens is 3. The molecule has 0 aliphatic heterocycles. The molecule has 6 nitrogen and oxygen atoms in total. The second kappa shape index (κ2) is 6.53. The largest absolute Gasteiger partial charge is 0.439 e. The fraction of sp³-hybridized carbons (Fsp3) is 0.312. The van der Waals surface area contributed by atoms with Gasteiger partial charge in [0.15, 0.2) is 11.9 Å². The van der Waals surface area contributed by atoms with Crippen LogP contribution in [0.4, 0.5) is 0 Å². The van der Waals surface area contributed by atoms with E-state index in [9.17, 15) is 4.79 Å². The number of fused-ring (bicyclic) bond motifs is 1. The van der Waals surface area contributed by atoms with Gasteiger partial charge >= 0.3 is 5.97 Å². The number of esters is 1. The molecule has 0 aliphatic carbocycles. The lowest BCUT2D eigenvalue weighted by Gasteiger charge is -2.10. The lowest BCUT2D eigenvalue weighted by molar-refractivity contribution is 0.0405. The van der Waals surface area contributed by atoms with E-state index in [1.165, 1.54) is 11.6 Å². The molecule has 0 aromatic carbocycles. The number of hydrogen-bond acceptors (Lipinski definition) is 5. The zero-order valence-corrected chi connectivity index (χ0v) is 13.0. The molecule has 0 radical (unpaired) electrons. The summed E-state index contributed by atoms with van der Waals surface area (Å²) in [7, 11) is 0. The molecule has 2 rings (SSSR count). The lowest BCUT2D eigenvalue weighted by Crippen LogP contribution is -2.25. The number of allylic oxidation sites excluding steroid dienone is 2. The molecule has 0 saturated heterocycles. The van der Waals surface area contributed by atoms with Crippen LogP contribution in [0.3, 0.4) is 0 Å². The molecule has 0 saturated carbocycles. The van der Waals surface area contributed by atoms with Crippen molar-refractivity contribution in [3.63, 3.8) is 0 Å². The van der Waals surface area contributed by atoms with Gasteiger partial charge in [0.25, 0.3) is 0 Å². The molecule has 2 N–H and O–H groups in total. The lowest BCUT2D eigenvalue weighted by atomic mass is 10.2. The number of pyridine rings is 1. The molecule has 0 aliphatic rings. The minimum Gasteiger partial charge on any atom is -0.439 e. The minimum absolute atomic E-state index is 0.381. The first-order valence-corrected chi connectivity index (χ1v) is 6.98. The van der Waals surface area contributed by atoms with Crippen LogP contribution in [0.25, 0.3) is 11.0 Å². The van der Waals surface area contributed by atoms with Crippen LogP contribution in [-0.2, 0) is 11.3 Å². The molecule has 0 bridgehead atoms. The van der Waals surface area contributed by atoms with Crippen LogP contribution in [0, 0.1) is 6.92 Å². The highest BCUT2D eigenvalue weighted by atomic mass is 16.6. The van der Waals surface area contributed by atoms with Crippen LogP contribution in [0.1, 0.15) is 29.9 Å². The highest BCUT2D eigenvalue weighted by Gasteiger charge is 2.16. The third-order valence-electron chi connectivity index (χ3n) is 3.17. The van der Waals surface area contributed by atoms with Gasteiger partial charge in [-0.25, -0.2) is 14.5 Å². The summed E-state index contributed by atoms with van der Waals surface area (Å²) >= 11 is 0. The van der Waals surface area contributed by atoms with E-state index in [0.717, 1.165) is 11.0 Å². The van der Waals surface area contributed by atoms with E-state index in [0.29, 0.717) is 17.8 Å². The summed E-state index contributed by atoms with van der Waals surface area (Å²) < 4.78 is 6.84. The summed E-state index contributed by atoms with van der Waals surface area (Å²) in [5.74, 6) is -0.517. The van der Waals surface area contributed by atoms with E-state index in [1.54, 1.807) is 23.9 Å². The number of carbonyl (C=O) groups excluding carboxylic acids is 1. The van der Waals surface area contributed by atoms with Crippen molar-refractivity contribution in [2.45, 2.75) is 33.5 Å². The number of nitrogens with two attached hydrogens (primary N) is 1. The second-order valence-corrected chi connectivity index (χ2v) is 5.25. The number of hydrogen-bond donors (Lipinski definition) is 1. The van der Waals surface area contributed by atoms with E-state index in [4.69, 9.17) is 10.5 Å². The van der Waals surface area contributed by atoms with Crippen molar-refractivity contribution in [1.29, 1.82) is 0 Å². The second-order valence-electron chi connectivity index (χ2n) is 5.25. The number of carbonyl (C=O) groups is 1. The number of ether oxygens (including phenoxy) is 1. The quantitative estimate of drug-likeness (QED) is 0.520. The van der Waals surface area contributed by atoms with Crippen LogP contribution < -0.4 is 5.73 Å². The summed E-state index contributed by atoms with van der Waals surface area (Å²) in [4.78, 5) is 16.5. The Bertz CT molecular complexity index is 742. The van der Waals surface area contributed by atoms with E-state index in [1.807, 2.05) is 13.8 Å². The third kappa shape index (κ3) is 3.40. The normalized spacial score (nSPS) is 12.0. The number of aryl methyl sites for hydroxylation is 1. The monoisotopic (exact) mass is 300 g/mol. The molecule has 22 heavy (non-hydrogen) atoms. The fourth-order valence-corrected chi connectivity index (χ4v) is 1.94. The van der Waals surface area contributed by atoms with E-state index >= 15 is 0 Å². The topological polar surface area (TPSA) is 83.0 Å². The van der Waals surface area contributed by atoms with Crippen molar-refractivity contribution >= 4 is 17.0 Å². The fourth-order valence-electron chi connectivity index (χ4n) is 1.94. The Kier molecular flexibility index (Phi) is 4.72. The van der Waals surface area contributed by atoms with Crippen LogP contribution in [0.5, 0.6) is 0 Å². The molecule has 116 valence electrons. The van der Waals surface area contributed by atoms with E-state index < -0.39 is 12.2 Å². The predicted molar refractivity (Wildman–Crippen MR) is 85.3 cm³/mol. The maximum atomic E-state index is 12.1. The maximum Gasteiger partial charge on any atom is 0.341 e. The van der Waals surface area contributed by atoms with Gasteiger partial charge in [0.2, 0.25) is 0 Å².